The van der Waals surface area contributed by atoms with E-state index >= 15 is 0 Å². The maximum atomic E-state index is 12.4. The number of hydrogen-bond donors (Lipinski definition) is 1. The number of hydrogen-bond acceptors (Lipinski definition) is 2. The van der Waals surface area contributed by atoms with E-state index < -0.39 is 32.1 Å². The number of rotatable bonds is 13. The average Bonchev–Trinajstić information content (AvgIpc) is 2.56. The normalized spacial score (nSPS) is 13.5. The number of ether oxygens (including phenoxy) is 1. The van der Waals surface area contributed by atoms with Crippen LogP contribution in [0.5, 0.6) is 0 Å². The van der Waals surface area contributed by atoms with Crippen LogP contribution in [0.3, 0.4) is 0 Å². The molecule has 0 saturated carbocycles. The Kier molecular flexibility index (Phi) is 13.4. The van der Waals surface area contributed by atoms with Gasteiger partial charge in [-0.1, -0.05) is 0 Å². The minimum atomic E-state index is -2.53. The van der Waals surface area contributed by atoms with Gasteiger partial charge >= 0.3 is 182 Å². The van der Waals surface area contributed by atoms with Crippen LogP contribution in [-0.4, -0.2) is 44.7 Å². The number of amides is 1. The van der Waals surface area contributed by atoms with E-state index in [-0.39, 0.29) is 6.09 Å². The first kappa shape index (κ1) is 28.0. The molecule has 0 bridgehead atoms. The molecule has 0 spiro atoms. The molecule has 0 aliphatic carbocycles. The number of nitrogens with one attached hydrogen (secondary N) is 1. The van der Waals surface area contributed by atoms with E-state index in [1.807, 2.05) is 20.8 Å². The Balaban J connectivity index is 5.79. The zero-order chi connectivity index (χ0) is 21.8. The van der Waals surface area contributed by atoms with E-state index in [0.29, 0.717) is 6.54 Å². The Morgan fingerprint density at radius 3 is 1.68 bits per heavy atom. The number of unbranched alkanes of at least 4 members (excludes halogenated alkanes) is 3. The fourth-order valence-electron chi connectivity index (χ4n) is 3.80. The van der Waals surface area contributed by atoms with Crippen molar-refractivity contribution in [1.82, 2.24) is 5.32 Å². The Morgan fingerprint density at radius 1 is 0.929 bits per heavy atom. The second-order valence-corrected chi connectivity index (χ2v) is 28.9. The van der Waals surface area contributed by atoms with Gasteiger partial charge in [0.05, 0.1) is 0 Å². The molecular weight excluding hydrogens is 469 g/mol. The molecule has 0 fully saturated rings. The van der Waals surface area contributed by atoms with Crippen molar-refractivity contribution in [2.45, 2.75) is 119 Å². The van der Waals surface area contributed by atoms with Crippen molar-refractivity contribution in [1.29, 1.82) is 0 Å². The Hall–Kier alpha value is 0.0256. The SMILES string of the molecule is CCC[CH2][Sn]([CH2]CCC)([CH2]CCC)/[C](=C\[Si](C)(C)C)CNC(=O)OC(C)(C)C. The monoisotopic (exact) mass is 519 g/mol. The zero-order valence-electron chi connectivity index (χ0n) is 20.5. The van der Waals surface area contributed by atoms with Crippen molar-refractivity contribution in [3.63, 3.8) is 0 Å². The van der Waals surface area contributed by atoms with Crippen molar-refractivity contribution in [2.75, 3.05) is 6.54 Å². The third-order valence-corrected chi connectivity index (χ3v) is 23.2. The molecule has 0 aliphatic heterocycles. The molecule has 0 rings (SSSR count). The van der Waals surface area contributed by atoms with Gasteiger partial charge in [0, 0.05) is 0 Å². The van der Waals surface area contributed by atoms with Crippen LogP contribution < -0.4 is 5.32 Å². The van der Waals surface area contributed by atoms with Crippen LogP contribution in [0.2, 0.25) is 33.0 Å². The number of carbonyl (C=O) groups is 1. The minimum absolute atomic E-state index is 0.268. The third-order valence-electron chi connectivity index (χ3n) is 5.14. The van der Waals surface area contributed by atoms with Gasteiger partial charge < -0.3 is 0 Å². The Labute approximate surface area is 181 Å². The van der Waals surface area contributed by atoms with Crippen molar-refractivity contribution < 1.29 is 9.53 Å². The van der Waals surface area contributed by atoms with Crippen LogP contribution in [0.25, 0.3) is 0 Å². The summed E-state index contributed by atoms with van der Waals surface area (Å²) in [5, 5.41) is 3.14. The third kappa shape index (κ3) is 12.6. The molecule has 3 nitrogen and oxygen atoms in total. The molecule has 28 heavy (non-hydrogen) atoms. The van der Waals surface area contributed by atoms with Crippen molar-refractivity contribution >= 4 is 32.5 Å². The fraction of sp³-hybridized carbons (Fsp3) is 0.870. The maximum absolute atomic E-state index is 12.4. The zero-order valence-corrected chi connectivity index (χ0v) is 24.3. The van der Waals surface area contributed by atoms with Gasteiger partial charge in [0.15, 0.2) is 0 Å². The molecule has 166 valence electrons. The molecular formula is C23H49NO2SiSn. The van der Waals surface area contributed by atoms with E-state index in [4.69, 9.17) is 4.74 Å². The second kappa shape index (κ2) is 13.4. The van der Waals surface area contributed by atoms with E-state index in [0.717, 1.165) is 0 Å². The summed E-state index contributed by atoms with van der Waals surface area (Å²) < 4.78 is 11.5. The fourth-order valence-corrected chi connectivity index (χ4v) is 26.6. The molecule has 0 unspecified atom stereocenters. The van der Waals surface area contributed by atoms with Crippen LogP contribution in [0.1, 0.15) is 80.1 Å². The van der Waals surface area contributed by atoms with Gasteiger partial charge in [0.25, 0.3) is 0 Å². The summed E-state index contributed by atoms with van der Waals surface area (Å²) in [4.78, 5) is 12.4. The van der Waals surface area contributed by atoms with Crippen LogP contribution >= 0.6 is 0 Å². The Morgan fingerprint density at radius 2 is 1.36 bits per heavy atom. The molecule has 0 saturated heterocycles. The molecule has 0 aromatic heterocycles. The van der Waals surface area contributed by atoms with Crippen molar-refractivity contribution in [2.24, 2.45) is 0 Å². The van der Waals surface area contributed by atoms with Crippen molar-refractivity contribution in [3.8, 4) is 0 Å². The first-order valence-corrected chi connectivity index (χ1v) is 22.6. The first-order chi connectivity index (χ1) is 12.9. The van der Waals surface area contributed by atoms with Crippen LogP contribution in [0.15, 0.2) is 9.29 Å². The molecule has 0 radical (unpaired) electrons. The predicted octanol–water partition coefficient (Wildman–Crippen LogP) is 7.70. The summed E-state index contributed by atoms with van der Waals surface area (Å²) in [6.07, 6.45) is 7.59. The van der Waals surface area contributed by atoms with Gasteiger partial charge in [-0.15, -0.1) is 0 Å². The van der Waals surface area contributed by atoms with Gasteiger partial charge in [-0.3, -0.25) is 0 Å². The number of alkyl carbamates (subject to hydrolysis) is 1. The molecule has 0 heterocycles. The molecule has 1 N–H and O–H groups in total. The van der Waals surface area contributed by atoms with E-state index in [2.05, 4.69) is 51.4 Å². The molecule has 0 aliphatic rings. The van der Waals surface area contributed by atoms with Gasteiger partial charge in [-0.25, -0.2) is 0 Å². The van der Waals surface area contributed by atoms with E-state index in [9.17, 15) is 4.79 Å². The first-order valence-electron chi connectivity index (χ1n) is 11.6. The average molecular weight is 518 g/mol. The van der Waals surface area contributed by atoms with Crippen LogP contribution in [0, 0.1) is 0 Å². The number of carbonyl (C=O) groups excluding carboxylic acids is 1. The van der Waals surface area contributed by atoms with Crippen molar-refractivity contribution in [3.05, 3.63) is 9.29 Å². The van der Waals surface area contributed by atoms with Gasteiger partial charge in [-0.05, 0) is 0 Å². The van der Waals surface area contributed by atoms with Crippen LogP contribution in [-0.2, 0) is 4.74 Å². The molecule has 0 aromatic rings. The summed E-state index contributed by atoms with van der Waals surface area (Å²) in [5.41, 5.74) is 2.21. The molecule has 1 amide bonds. The van der Waals surface area contributed by atoms with Gasteiger partial charge in [0.1, 0.15) is 0 Å². The van der Waals surface area contributed by atoms with Gasteiger partial charge in [0.2, 0.25) is 0 Å². The summed E-state index contributed by atoms with van der Waals surface area (Å²) in [6.45, 7) is 20.7. The summed E-state index contributed by atoms with van der Waals surface area (Å²) in [7, 11) is -1.37. The second-order valence-electron chi connectivity index (χ2n) is 10.5. The van der Waals surface area contributed by atoms with Crippen LogP contribution in [0.4, 0.5) is 4.79 Å². The quantitative estimate of drug-likeness (QED) is 0.254. The van der Waals surface area contributed by atoms with Gasteiger partial charge in [-0.2, -0.15) is 0 Å². The molecule has 0 atom stereocenters. The predicted molar refractivity (Wildman–Crippen MR) is 131 cm³/mol. The summed E-state index contributed by atoms with van der Waals surface area (Å²) >= 11 is -2.53. The Bertz CT molecular complexity index is 456. The summed E-state index contributed by atoms with van der Waals surface area (Å²) in [5.74, 6) is 0. The van der Waals surface area contributed by atoms with E-state index in [1.54, 1.807) is 3.59 Å². The molecule has 0 aromatic carbocycles. The summed E-state index contributed by atoms with van der Waals surface area (Å²) in [6, 6.07) is 0. The standard InChI is InChI=1S/C11H22NO2Si.3C4H9.Sn/c1-11(2,3)14-10(13)12-8-7-9-15(4,5)6;3*1-3-4-2;/h9H,8H2,1-6H3,(H,12,13);3*1,3-4H2,2H3;. The molecule has 5 heteroatoms. The topological polar surface area (TPSA) is 38.3 Å². The van der Waals surface area contributed by atoms with E-state index in [1.165, 1.54) is 51.8 Å².